The molecule has 0 radical (unpaired) electrons. The van der Waals surface area contributed by atoms with Gasteiger partial charge in [-0.05, 0) is 55.6 Å². The molecule has 2 saturated heterocycles. The van der Waals surface area contributed by atoms with E-state index < -0.39 is 11.5 Å². The zero-order chi connectivity index (χ0) is 29.2. The fourth-order valence-corrected chi connectivity index (χ4v) is 6.45. The number of carbonyl (C=O) groups is 3. The van der Waals surface area contributed by atoms with Crippen LogP contribution in [-0.2, 0) is 32.0 Å². The third kappa shape index (κ3) is 8.07. The summed E-state index contributed by atoms with van der Waals surface area (Å²) in [5.74, 6) is 0.0104. The highest BCUT2D eigenvalue weighted by atomic mass is 16.5. The van der Waals surface area contributed by atoms with Crippen molar-refractivity contribution >= 4 is 17.7 Å². The molecule has 3 heterocycles. The molecule has 3 amide bonds. The lowest BCUT2D eigenvalue weighted by atomic mass is 9.75. The summed E-state index contributed by atoms with van der Waals surface area (Å²) >= 11 is 0. The first kappa shape index (κ1) is 30.0. The molecule has 3 aliphatic rings. The number of fused-ring (bicyclic) bond motifs is 1. The van der Waals surface area contributed by atoms with Crippen LogP contribution in [0.5, 0.6) is 0 Å². The minimum absolute atomic E-state index is 0.0221. The standard InChI is InChI=1S/C34H44N4O4/c39-31(35-19-14-26-9-3-1-4-10-26)25-38-20-15-29-28(24-38)13-7-8-16-34(17-21-42-22-18-34)33(41)37-30(32(40)36-29)23-27-11-5-2-6-12-27/h1-12,28-30H,13-25H2,(H,35,39)(H,36,40)(H,37,41)/b8-7+/t28-,29+,30+/m0/s1. The Kier molecular flexibility index (Phi) is 10.4. The van der Waals surface area contributed by atoms with Crippen LogP contribution in [-0.4, -0.2) is 74.1 Å². The number of nitrogens with zero attached hydrogens (tertiary/aromatic N) is 1. The van der Waals surface area contributed by atoms with Gasteiger partial charge < -0.3 is 20.7 Å². The molecule has 0 bridgehead atoms. The van der Waals surface area contributed by atoms with Gasteiger partial charge in [-0.25, -0.2) is 0 Å². The maximum atomic E-state index is 13.8. The van der Waals surface area contributed by atoms with Crippen molar-refractivity contribution in [1.29, 1.82) is 0 Å². The lowest BCUT2D eigenvalue weighted by Crippen LogP contribution is -2.58. The van der Waals surface area contributed by atoms with E-state index in [1.807, 2.05) is 48.5 Å². The summed E-state index contributed by atoms with van der Waals surface area (Å²) in [6.07, 6.45) is 9.02. The lowest BCUT2D eigenvalue weighted by Gasteiger charge is -2.40. The first-order valence-corrected chi connectivity index (χ1v) is 15.4. The molecule has 0 aromatic heterocycles. The molecule has 42 heavy (non-hydrogen) atoms. The summed E-state index contributed by atoms with van der Waals surface area (Å²) in [4.78, 5) is 42.4. The zero-order valence-electron chi connectivity index (χ0n) is 24.4. The second-order valence-corrected chi connectivity index (χ2v) is 12.0. The smallest absolute Gasteiger partial charge is 0.243 e. The van der Waals surface area contributed by atoms with Crippen LogP contribution in [0, 0.1) is 11.3 Å². The Hall–Kier alpha value is -3.49. The summed E-state index contributed by atoms with van der Waals surface area (Å²) in [5.41, 5.74) is 1.65. The second-order valence-electron chi connectivity index (χ2n) is 12.0. The Morgan fingerprint density at radius 3 is 2.40 bits per heavy atom. The Labute approximate surface area is 249 Å². The topological polar surface area (TPSA) is 99.8 Å². The monoisotopic (exact) mass is 572 g/mol. The van der Waals surface area contributed by atoms with Gasteiger partial charge in [-0.2, -0.15) is 0 Å². The van der Waals surface area contributed by atoms with Gasteiger partial charge in [-0.15, -0.1) is 0 Å². The van der Waals surface area contributed by atoms with Crippen molar-refractivity contribution in [3.63, 3.8) is 0 Å². The third-order valence-electron chi connectivity index (χ3n) is 9.04. The molecule has 1 spiro atoms. The second kappa shape index (κ2) is 14.6. The van der Waals surface area contributed by atoms with Crippen molar-refractivity contribution in [2.45, 2.75) is 57.0 Å². The number of piperidine rings is 1. The number of amides is 3. The van der Waals surface area contributed by atoms with Gasteiger partial charge in [0.25, 0.3) is 0 Å². The minimum Gasteiger partial charge on any atom is -0.381 e. The molecule has 224 valence electrons. The third-order valence-corrected chi connectivity index (χ3v) is 9.04. The van der Waals surface area contributed by atoms with Gasteiger partial charge in [0.05, 0.1) is 12.0 Å². The Bertz CT molecular complexity index is 1210. The van der Waals surface area contributed by atoms with Gasteiger partial charge in [0.2, 0.25) is 17.7 Å². The van der Waals surface area contributed by atoms with E-state index in [4.69, 9.17) is 4.74 Å². The first-order valence-electron chi connectivity index (χ1n) is 15.4. The number of hydrogen-bond donors (Lipinski definition) is 3. The molecule has 2 aromatic carbocycles. The van der Waals surface area contributed by atoms with Gasteiger partial charge in [0, 0.05) is 45.3 Å². The van der Waals surface area contributed by atoms with Crippen molar-refractivity contribution < 1.29 is 19.1 Å². The number of nitrogens with one attached hydrogen (secondary N) is 3. The Morgan fingerprint density at radius 1 is 0.952 bits per heavy atom. The molecule has 5 rings (SSSR count). The van der Waals surface area contributed by atoms with Crippen LogP contribution in [0.15, 0.2) is 72.8 Å². The van der Waals surface area contributed by atoms with Crippen LogP contribution in [0.3, 0.4) is 0 Å². The molecule has 2 aromatic rings. The fraction of sp³-hybridized carbons (Fsp3) is 0.500. The number of carbonyl (C=O) groups excluding carboxylic acids is 3. The van der Waals surface area contributed by atoms with E-state index in [-0.39, 0.29) is 29.7 Å². The quantitative estimate of drug-likeness (QED) is 0.443. The van der Waals surface area contributed by atoms with E-state index >= 15 is 0 Å². The van der Waals surface area contributed by atoms with E-state index in [0.717, 1.165) is 37.9 Å². The van der Waals surface area contributed by atoms with Gasteiger partial charge in [0.1, 0.15) is 6.04 Å². The average Bonchev–Trinajstić information content (AvgIpc) is 3.01. The lowest BCUT2D eigenvalue weighted by molar-refractivity contribution is -0.140. The largest absolute Gasteiger partial charge is 0.381 e. The van der Waals surface area contributed by atoms with Crippen molar-refractivity contribution in [2.75, 3.05) is 39.4 Å². The molecule has 0 unspecified atom stereocenters. The van der Waals surface area contributed by atoms with E-state index in [2.05, 4.69) is 45.1 Å². The highest BCUT2D eigenvalue weighted by Gasteiger charge is 2.41. The van der Waals surface area contributed by atoms with Crippen LogP contribution in [0.2, 0.25) is 0 Å². The van der Waals surface area contributed by atoms with E-state index in [9.17, 15) is 14.4 Å². The predicted octanol–water partition coefficient (Wildman–Crippen LogP) is 3.03. The number of allylic oxidation sites excluding steroid dienone is 2. The molecule has 3 atom stereocenters. The van der Waals surface area contributed by atoms with Gasteiger partial charge in [-0.1, -0.05) is 72.8 Å². The van der Waals surface area contributed by atoms with E-state index in [1.54, 1.807) is 0 Å². The number of likely N-dealkylation sites (tertiary alicyclic amines) is 1. The predicted molar refractivity (Wildman–Crippen MR) is 163 cm³/mol. The normalized spacial score (nSPS) is 25.7. The molecule has 0 saturated carbocycles. The Morgan fingerprint density at radius 2 is 1.67 bits per heavy atom. The molecule has 0 aliphatic carbocycles. The number of hydrogen-bond acceptors (Lipinski definition) is 5. The van der Waals surface area contributed by atoms with Crippen LogP contribution >= 0.6 is 0 Å². The van der Waals surface area contributed by atoms with E-state index in [0.29, 0.717) is 52.0 Å². The summed E-state index contributed by atoms with van der Waals surface area (Å²) in [7, 11) is 0. The summed E-state index contributed by atoms with van der Waals surface area (Å²) in [6.45, 7) is 3.52. The van der Waals surface area contributed by atoms with E-state index in [1.165, 1.54) is 5.56 Å². The van der Waals surface area contributed by atoms with Crippen LogP contribution < -0.4 is 16.0 Å². The van der Waals surface area contributed by atoms with Crippen molar-refractivity contribution in [2.24, 2.45) is 11.3 Å². The molecule has 3 aliphatic heterocycles. The van der Waals surface area contributed by atoms with Crippen molar-refractivity contribution in [3.8, 4) is 0 Å². The average molecular weight is 573 g/mol. The van der Waals surface area contributed by atoms with Crippen LogP contribution in [0.1, 0.15) is 43.2 Å². The van der Waals surface area contributed by atoms with Crippen LogP contribution in [0.4, 0.5) is 0 Å². The maximum absolute atomic E-state index is 13.8. The van der Waals surface area contributed by atoms with Gasteiger partial charge in [-0.3, -0.25) is 19.3 Å². The maximum Gasteiger partial charge on any atom is 0.243 e. The highest BCUT2D eigenvalue weighted by Crippen LogP contribution is 2.36. The molecule has 8 heteroatoms. The highest BCUT2D eigenvalue weighted by molar-refractivity contribution is 5.90. The van der Waals surface area contributed by atoms with Crippen LogP contribution in [0.25, 0.3) is 0 Å². The molecule has 3 N–H and O–H groups in total. The molecular formula is C34H44N4O4. The van der Waals surface area contributed by atoms with Gasteiger partial charge >= 0.3 is 0 Å². The minimum atomic E-state index is -0.655. The summed E-state index contributed by atoms with van der Waals surface area (Å²) < 4.78 is 5.60. The summed E-state index contributed by atoms with van der Waals surface area (Å²) in [5, 5.41) is 9.52. The van der Waals surface area contributed by atoms with Gasteiger partial charge in [0.15, 0.2) is 0 Å². The SMILES string of the molecule is O=C(CN1CC[C@H]2NC(=O)[C@@H](Cc3ccccc3)NC(=O)C3(C/C=C/C[C@H]2C1)CCOCC3)NCCc1ccccc1. The molecular weight excluding hydrogens is 528 g/mol. The Balaban J connectivity index is 1.25. The van der Waals surface area contributed by atoms with Crippen molar-refractivity contribution in [1.82, 2.24) is 20.9 Å². The fourth-order valence-electron chi connectivity index (χ4n) is 6.45. The van der Waals surface area contributed by atoms with Crippen molar-refractivity contribution in [3.05, 3.63) is 83.9 Å². The number of benzene rings is 2. The number of ether oxygens (including phenoxy) is 1. The first-order chi connectivity index (χ1) is 20.5. The molecule has 8 nitrogen and oxygen atoms in total. The summed E-state index contributed by atoms with van der Waals surface area (Å²) in [6, 6.07) is 19.3. The zero-order valence-corrected chi connectivity index (χ0v) is 24.4. The molecule has 2 fully saturated rings. The number of rotatable bonds is 7.